The van der Waals surface area contributed by atoms with Crippen LogP contribution in [0.4, 0.5) is 10.1 Å². The number of halogens is 2. The topological polar surface area (TPSA) is 82.1 Å². The summed E-state index contributed by atoms with van der Waals surface area (Å²) < 4.78 is 19.1. The van der Waals surface area contributed by atoms with Crippen LogP contribution in [0.2, 0.25) is 5.02 Å². The first-order chi connectivity index (χ1) is 15.6. The number of carbonyl (C=O) groups excluding carboxylic acids is 1. The first-order valence-electron chi connectivity index (χ1n) is 10.0. The Labute approximate surface area is 201 Å². The Bertz CT molecular complexity index is 1120. The zero-order valence-corrected chi connectivity index (χ0v) is 19.8. The van der Waals surface area contributed by atoms with E-state index >= 15 is 0 Å². The summed E-state index contributed by atoms with van der Waals surface area (Å²) in [5, 5.41) is 12.2. The molecular weight excluding hydrogens is 469 g/mol. The number of likely N-dealkylation sites (N-methyl/N-ethyl adjacent to an activating group) is 1. The van der Waals surface area contributed by atoms with Crippen LogP contribution in [0.3, 0.4) is 0 Å². The van der Waals surface area contributed by atoms with Crippen molar-refractivity contribution in [1.29, 1.82) is 0 Å². The molecule has 1 atom stereocenters. The van der Waals surface area contributed by atoms with Gasteiger partial charge in [-0.05, 0) is 55.0 Å². The summed E-state index contributed by atoms with van der Waals surface area (Å²) in [5.74, 6) is -1.19. The van der Waals surface area contributed by atoms with Crippen LogP contribution in [0.5, 0.6) is 5.75 Å². The molecule has 1 aliphatic rings. The molecule has 10 heteroatoms. The summed E-state index contributed by atoms with van der Waals surface area (Å²) in [4.78, 5) is 26.9. The number of amides is 1. The van der Waals surface area contributed by atoms with Crippen molar-refractivity contribution in [2.45, 2.75) is 19.4 Å². The number of aliphatic carboxylic acids is 1. The number of carbonyl (C=O) groups is 2. The summed E-state index contributed by atoms with van der Waals surface area (Å²) in [7, 11) is 3.32. The van der Waals surface area contributed by atoms with Gasteiger partial charge in [-0.3, -0.25) is 14.5 Å². The van der Waals surface area contributed by atoms with E-state index in [9.17, 15) is 14.0 Å². The zero-order chi connectivity index (χ0) is 24.3. The van der Waals surface area contributed by atoms with Crippen LogP contribution in [0.1, 0.15) is 24.9 Å². The smallest absolute Gasteiger partial charge is 0.306 e. The second-order valence-electron chi connectivity index (χ2n) is 7.58. The number of allylic oxidation sites excluding steroid dienone is 1. The molecule has 2 aromatic rings. The third-order valence-corrected chi connectivity index (χ3v) is 5.67. The van der Waals surface area contributed by atoms with Crippen molar-refractivity contribution in [3.8, 4) is 5.75 Å². The van der Waals surface area contributed by atoms with E-state index in [0.29, 0.717) is 27.8 Å². The van der Waals surface area contributed by atoms with Gasteiger partial charge in [0.25, 0.3) is 5.91 Å². The lowest BCUT2D eigenvalue weighted by molar-refractivity contribution is -0.137. The van der Waals surface area contributed by atoms with E-state index in [0.717, 1.165) is 5.56 Å². The molecule has 1 aliphatic heterocycles. The molecule has 7 nitrogen and oxygen atoms in total. The summed E-state index contributed by atoms with van der Waals surface area (Å²) in [6, 6.07) is 10.7. The van der Waals surface area contributed by atoms with Crippen LogP contribution < -0.4 is 15.0 Å². The van der Waals surface area contributed by atoms with Crippen molar-refractivity contribution in [3.63, 3.8) is 0 Å². The van der Waals surface area contributed by atoms with Gasteiger partial charge in [-0.15, -0.1) is 0 Å². The second-order valence-corrected chi connectivity index (χ2v) is 8.37. The lowest BCUT2D eigenvalue weighted by Crippen LogP contribution is -2.49. The number of nitrogens with one attached hydrogen (secondary N) is 1. The highest BCUT2D eigenvalue weighted by atomic mass is 35.5. The maximum Gasteiger partial charge on any atom is 0.306 e. The fraction of sp³-hybridized carbons (Fsp3) is 0.261. The van der Waals surface area contributed by atoms with Gasteiger partial charge in [0.2, 0.25) is 0 Å². The fourth-order valence-corrected chi connectivity index (χ4v) is 3.99. The number of ether oxygens (including phenoxy) is 1. The summed E-state index contributed by atoms with van der Waals surface area (Å²) in [6.07, 6.45) is -0.104. The molecule has 0 radical (unpaired) electrons. The van der Waals surface area contributed by atoms with E-state index in [4.69, 9.17) is 33.7 Å². The van der Waals surface area contributed by atoms with E-state index < -0.39 is 17.8 Å². The predicted molar refractivity (Wildman–Crippen MR) is 128 cm³/mol. The summed E-state index contributed by atoms with van der Waals surface area (Å²) in [5.41, 5.74) is 2.35. The largest absolute Gasteiger partial charge is 0.493 e. The van der Waals surface area contributed by atoms with Crippen LogP contribution in [0.25, 0.3) is 0 Å². The highest BCUT2D eigenvalue weighted by Gasteiger charge is 2.35. The lowest BCUT2D eigenvalue weighted by Gasteiger charge is -2.38. The Morgan fingerprint density at radius 1 is 1.24 bits per heavy atom. The Morgan fingerprint density at radius 3 is 2.48 bits per heavy atom. The van der Waals surface area contributed by atoms with Gasteiger partial charge in [-0.1, -0.05) is 23.7 Å². The van der Waals surface area contributed by atoms with Crippen molar-refractivity contribution in [2.24, 2.45) is 0 Å². The highest BCUT2D eigenvalue weighted by molar-refractivity contribution is 7.80. The van der Waals surface area contributed by atoms with Gasteiger partial charge in [-0.25, -0.2) is 4.39 Å². The first-order valence-corrected chi connectivity index (χ1v) is 10.8. The normalized spacial score (nSPS) is 15.8. The maximum atomic E-state index is 13.7. The SMILES string of the molecule is CC1=C(C(=O)N(C)C)C(c2ccc(OCCC(=O)O)cc2)NC(=S)N1c1ccc(F)c(Cl)c1. The van der Waals surface area contributed by atoms with Crippen LogP contribution in [0.15, 0.2) is 53.7 Å². The minimum Gasteiger partial charge on any atom is -0.493 e. The Hall–Kier alpha value is -3.17. The zero-order valence-electron chi connectivity index (χ0n) is 18.3. The van der Waals surface area contributed by atoms with Gasteiger partial charge in [0, 0.05) is 25.5 Å². The maximum absolute atomic E-state index is 13.7. The number of nitrogens with zero attached hydrogens (tertiary/aromatic N) is 2. The molecule has 3 rings (SSSR count). The van der Waals surface area contributed by atoms with Gasteiger partial charge < -0.3 is 20.1 Å². The third kappa shape index (κ3) is 5.43. The van der Waals surface area contributed by atoms with E-state index in [-0.39, 0.29) is 24.0 Å². The van der Waals surface area contributed by atoms with Crippen LogP contribution in [0, 0.1) is 5.82 Å². The Kier molecular flexibility index (Phi) is 7.55. The first kappa shape index (κ1) is 24.5. The molecule has 1 amide bonds. The van der Waals surface area contributed by atoms with Crippen molar-refractivity contribution in [2.75, 3.05) is 25.6 Å². The standard InChI is InChI=1S/C23H23ClFN3O4S/c1-13-20(22(31)27(2)3)21(14-4-7-16(8-5-14)32-11-10-19(29)30)26-23(33)28(13)15-6-9-18(25)17(24)12-15/h4-9,12,21H,10-11H2,1-3H3,(H,26,33)(H,29,30). The van der Waals surface area contributed by atoms with E-state index in [1.54, 1.807) is 56.3 Å². The van der Waals surface area contributed by atoms with Crippen molar-refractivity contribution >= 4 is 46.5 Å². The number of anilines is 1. The molecule has 0 saturated carbocycles. The molecule has 1 heterocycles. The number of hydrogen-bond donors (Lipinski definition) is 2. The molecule has 0 aliphatic carbocycles. The molecule has 174 valence electrons. The molecule has 2 aromatic carbocycles. The average molecular weight is 492 g/mol. The Balaban J connectivity index is 1.99. The molecule has 2 N–H and O–H groups in total. The number of hydrogen-bond acceptors (Lipinski definition) is 4. The number of thiocarbonyl (C=S) groups is 1. The number of carboxylic acids is 1. The van der Waals surface area contributed by atoms with Crippen molar-refractivity contribution in [1.82, 2.24) is 10.2 Å². The minimum atomic E-state index is -0.939. The van der Waals surface area contributed by atoms with Crippen LogP contribution >= 0.6 is 23.8 Å². The average Bonchev–Trinajstić information content (AvgIpc) is 2.75. The molecule has 1 unspecified atom stereocenters. The molecule has 0 fully saturated rings. The predicted octanol–water partition coefficient (Wildman–Crippen LogP) is 4.13. The highest BCUT2D eigenvalue weighted by Crippen LogP contribution is 2.36. The fourth-order valence-electron chi connectivity index (χ4n) is 3.46. The molecule has 0 aromatic heterocycles. The molecule has 0 bridgehead atoms. The van der Waals surface area contributed by atoms with Gasteiger partial charge in [-0.2, -0.15) is 0 Å². The second kappa shape index (κ2) is 10.2. The Morgan fingerprint density at radius 2 is 1.91 bits per heavy atom. The molecule has 0 spiro atoms. The van der Waals surface area contributed by atoms with E-state index in [2.05, 4.69) is 5.32 Å². The van der Waals surface area contributed by atoms with E-state index in [1.165, 1.54) is 17.0 Å². The number of benzene rings is 2. The van der Waals surface area contributed by atoms with Gasteiger partial charge >= 0.3 is 5.97 Å². The van der Waals surface area contributed by atoms with Gasteiger partial charge in [0.15, 0.2) is 5.11 Å². The van der Waals surface area contributed by atoms with Crippen molar-refractivity contribution < 1.29 is 23.8 Å². The third-order valence-electron chi connectivity index (χ3n) is 5.08. The van der Waals surface area contributed by atoms with Crippen LogP contribution in [-0.2, 0) is 9.59 Å². The molecule has 0 saturated heterocycles. The lowest BCUT2D eigenvalue weighted by atomic mass is 9.93. The monoisotopic (exact) mass is 491 g/mol. The molecule has 33 heavy (non-hydrogen) atoms. The molecular formula is C23H23ClFN3O4S. The van der Waals surface area contributed by atoms with Gasteiger partial charge in [0.1, 0.15) is 11.6 Å². The van der Waals surface area contributed by atoms with E-state index in [1.807, 2.05) is 0 Å². The van der Waals surface area contributed by atoms with Crippen molar-refractivity contribution in [3.05, 3.63) is 70.1 Å². The van der Waals surface area contributed by atoms with Crippen LogP contribution in [-0.4, -0.2) is 47.7 Å². The summed E-state index contributed by atoms with van der Waals surface area (Å²) in [6.45, 7) is 1.83. The summed E-state index contributed by atoms with van der Waals surface area (Å²) >= 11 is 11.6. The quantitative estimate of drug-likeness (QED) is 0.563. The minimum absolute atomic E-state index is 0.0517. The number of carboxylic acid groups (broad SMARTS) is 1. The number of rotatable bonds is 7. The van der Waals surface area contributed by atoms with Gasteiger partial charge in [0.05, 0.1) is 29.7 Å².